The summed E-state index contributed by atoms with van der Waals surface area (Å²) >= 11 is 0. The highest BCUT2D eigenvalue weighted by Crippen LogP contribution is 2.26. The first kappa shape index (κ1) is 24.5. The second-order valence-electron chi connectivity index (χ2n) is 8.66. The lowest BCUT2D eigenvalue weighted by molar-refractivity contribution is -0.274. The molecule has 0 saturated carbocycles. The molecule has 192 valence electrons. The minimum absolute atomic E-state index is 0.0119. The summed E-state index contributed by atoms with van der Waals surface area (Å²) in [4.78, 5) is 26.5. The maximum atomic E-state index is 13.2. The first-order valence-electron chi connectivity index (χ1n) is 11.5. The average molecular weight is 512 g/mol. The van der Waals surface area contributed by atoms with Gasteiger partial charge in [0.2, 0.25) is 5.82 Å². The highest BCUT2D eigenvalue weighted by molar-refractivity contribution is 5.60. The lowest BCUT2D eigenvalue weighted by Crippen LogP contribution is -2.44. The lowest BCUT2D eigenvalue weighted by Gasteiger charge is -2.33. The molecule has 1 aromatic carbocycles. The largest absolute Gasteiger partial charge is 0.573 e. The van der Waals surface area contributed by atoms with Crippen molar-refractivity contribution >= 4 is 5.82 Å². The van der Waals surface area contributed by atoms with Crippen molar-refractivity contribution in [2.24, 2.45) is 0 Å². The van der Waals surface area contributed by atoms with Gasteiger partial charge in [-0.1, -0.05) is 5.16 Å². The maximum absolute atomic E-state index is 13.2. The second kappa shape index (κ2) is 10.1. The Morgan fingerprint density at radius 1 is 1.05 bits per heavy atom. The van der Waals surface area contributed by atoms with E-state index in [-0.39, 0.29) is 28.6 Å². The molecule has 0 aliphatic carbocycles. The summed E-state index contributed by atoms with van der Waals surface area (Å²) in [5.74, 6) is 0.660. The van der Waals surface area contributed by atoms with E-state index in [0.29, 0.717) is 12.1 Å². The van der Waals surface area contributed by atoms with Gasteiger partial charge in [0.15, 0.2) is 0 Å². The summed E-state index contributed by atoms with van der Waals surface area (Å²) in [6.45, 7) is 4.04. The van der Waals surface area contributed by atoms with Crippen molar-refractivity contribution in [2.75, 3.05) is 38.1 Å². The molecule has 1 aliphatic rings. The zero-order valence-corrected chi connectivity index (χ0v) is 19.9. The predicted octanol–water partition coefficient (Wildman–Crippen LogP) is 3.66. The predicted molar refractivity (Wildman–Crippen MR) is 129 cm³/mol. The fraction of sp³-hybridized carbons (Fsp3) is 0.280. The van der Waals surface area contributed by atoms with Gasteiger partial charge in [0.25, 0.3) is 11.4 Å². The zero-order valence-electron chi connectivity index (χ0n) is 19.9. The van der Waals surface area contributed by atoms with Gasteiger partial charge in [-0.05, 0) is 61.1 Å². The summed E-state index contributed by atoms with van der Waals surface area (Å²) < 4.78 is 47.9. The van der Waals surface area contributed by atoms with Crippen molar-refractivity contribution in [3.05, 3.63) is 76.8 Å². The van der Waals surface area contributed by atoms with Crippen molar-refractivity contribution in [2.45, 2.75) is 12.9 Å². The molecule has 1 aliphatic heterocycles. The molecule has 0 N–H and O–H groups in total. The number of pyridine rings is 2. The van der Waals surface area contributed by atoms with Gasteiger partial charge in [0.1, 0.15) is 17.1 Å². The smallest absolute Gasteiger partial charge is 0.406 e. The van der Waals surface area contributed by atoms with Crippen molar-refractivity contribution in [1.82, 2.24) is 24.6 Å². The van der Waals surface area contributed by atoms with E-state index in [9.17, 15) is 18.0 Å². The SMILES string of the molecule is CN1CCN(c2cc(Cn3cccc(-c4nc(-c5ccc(OC(F)(F)F)cc5)no4)c3=O)ccn2)CC1. The summed E-state index contributed by atoms with van der Waals surface area (Å²) in [5, 5.41) is 3.88. The number of hydrogen-bond donors (Lipinski definition) is 0. The number of aromatic nitrogens is 4. The molecule has 37 heavy (non-hydrogen) atoms. The van der Waals surface area contributed by atoms with Crippen LogP contribution in [0.5, 0.6) is 5.75 Å². The van der Waals surface area contributed by atoms with Crippen LogP contribution in [-0.4, -0.2) is 64.2 Å². The molecule has 5 rings (SSSR count). The van der Waals surface area contributed by atoms with E-state index in [0.717, 1.165) is 49.7 Å². The Balaban J connectivity index is 1.34. The third-order valence-electron chi connectivity index (χ3n) is 6.01. The monoisotopic (exact) mass is 512 g/mol. The van der Waals surface area contributed by atoms with Crippen molar-refractivity contribution in [3.8, 4) is 28.6 Å². The number of hydrogen-bond acceptors (Lipinski definition) is 8. The number of piperazine rings is 1. The van der Waals surface area contributed by atoms with Gasteiger partial charge in [-0.2, -0.15) is 4.98 Å². The number of anilines is 1. The van der Waals surface area contributed by atoms with Crippen LogP contribution in [0.3, 0.4) is 0 Å². The first-order valence-corrected chi connectivity index (χ1v) is 11.5. The molecule has 4 aromatic rings. The number of benzene rings is 1. The molecule has 9 nitrogen and oxygen atoms in total. The molecule has 0 unspecified atom stereocenters. The molecule has 3 aromatic heterocycles. The molecule has 0 atom stereocenters. The molecular formula is C25H23F3N6O3. The standard InChI is InChI=1S/C25H23F3N6O3/c1-32-11-13-33(14-12-32)21-15-17(8-9-29-21)16-34-10-2-3-20(24(34)35)23-30-22(31-37-23)18-4-6-19(7-5-18)36-25(26,27)28/h2-10,15H,11-14,16H2,1H3. The lowest BCUT2D eigenvalue weighted by atomic mass is 10.2. The summed E-state index contributed by atoms with van der Waals surface area (Å²) in [7, 11) is 2.09. The number of ether oxygens (including phenoxy) is 1. The fourth-order valence-electron chi connectivity index (χ4n) is 4.04. The van der Waals surface area contributed by atoms with Crippen molar-refractivity contribution < 1.29 is 22.4 Å². The van der Waals surface area contributed by atoms with Crippen LogP contribution in [0.25, 0.3) is 22.8 Å². The molecule has 0 amide bonds. The van der Waals surface area contributed by atoms with Gasteiger partial charge in [0, 0.05) is 44.1 Å². The minimum Gasteiger partial charge on any atom is -0.406 e. The van der Waals surface area contributed by atoms with Crippen LogP contribution in [-0.2, 0) is 6.54 Å². The van der Waals surface area contributed by atoms with Gasteiger partial charge in [-0.3, -0.25) is 4.79 Å². The molecule has 1 saturated heterocycles. The van der Waals surface area contributed by atoms with E-state index in [4.69, 9.17) is 4.52 Å². The van der Waals surface area contributed by atoms with Crippen molar-refractivity contribution in [1.29, 1.82) is 0 Å². The number of nitrogens with zero attached hydrogens (tertiary/aromatic N) is 6. The number of halogens is 3. The fourth-order valence-corrected chi connectivity index (χ4v) is 4.04. The van der Waals surface area contributed by atoms with Crippen LogP contribution in [0, 0.1) is 0 Å². The van der Waals surface area contributed by atoms with Gasteiger partial charge >= 0.3 is 6.36 Å². The van der Waals surface area contributed by atoms with Crippen LogP contribution in [0.15, 0.2) is 70.2 Å². The Kier molecular flexibility index (Phi) is 6.66. The molecule has 0 spiro atoms. The highest BCUT2D eigenvalue weighted by atomic mass is 19.4. The summed E-state index contributed by atoms with van der Waals surface area (Å²) in [6.07, 6.45) is -1.36. The van der Waals surface area contributed by atoms with E-state index >= 15 is 0 Å². The van der Waals surface area contributed by atoms with Crippen LogP contribution in [0.4, 0.5) is 19.0 Å². The Morgan fingerprint density at radius 2 is 1.81 bits per heavy atom. The van der Waals surface area contributed by atoms with Crippen LogP contribution in [0.1, 0.15) is 5.56 Å². The Bertz CT molecular complexity index is 1430. The topological polar surface area (TPSA) is 89.5 Å². The molecule has 0 bridgehead atoms. The summed E-state index contributed by atoms with van der Waals surface area (Å²) in [5.41, 5.74) is 1.24. The van der Waals surface area contributed by atoms with E-state index < -0.39 is 6.36 Å². The molecule has 12 heteroatoms. The Morgan fingerprint density at radius 3 is 2.54 bits per heavy atom. The van der Waals surface area contributed by atoms with Gasteiger partial charge in [-0.15, -0.1) is 13.2 Å². The van der Waals surface area contributed by atoms with E-state index in [1.807, 2.05) is 12.1 Å². The average Bonchev–Trinajstić information content (AvgIpc) is 3.35. The minimum atomic E-state index is -4.78. The zero-order chi connectivity index (χ0) is 26.0. The van der Waals surface area contributed by atoms with E-state index in [1.54, 1.807) is 29.1 Å². The molecule has 4 heterocycles. The summed E-state index contributed by atoms with van der Waals surface area (Å²) in [6, 6.07) is 12.2. The third kappa shape index (κ3) is 5.80. The molecule has 1 fully saturated rings. The highest BCUT2D eigenvalue weighted by Gasteiger charge is 2.31. The van der Waals surface area contributed by atoms with Crippen LogP contribution >= 0.6 is 0 Å². The first-order chi connectivity index (χ1) is 17.7. The number of likely N-dealkylation sites (N-methyl/N-ethyl adjacent to an activating group) is 1. The van der Waals surface area contributed by atoms with Crippen LogP contribution in [0.2, 0.25) is 0 Å². The third-order valence-corrected chi connectivity index (χ3v) is 6.01. The maximum Gasteiger partial charge on any atom is 0.573 e. The van der Waals surface area contributed by atoms with Gasteiger partial charge in [0.05, 0.1) is 6.54 Å². The van der Waals surface area contributed by atoms with Crippen molar-refractivity contribution in [3.63, 3.8) is 0 Å². The Hall–Kier alpha value is -4.19. The van der Waals surface area contributed by atoms with E-state index in [2.05, 4.69) is 36.7 Å². The normalized spacial score (nSPS) is 14.6. The second-order valence-corrected chi connectivity index (χ2v) is 8.66. The van der Waals surface area contributed by atoms with Crippen LogP contribution < -0.4 is 15.2 Å². The van der Waals surface area contributed by atoms with E-state index in [1.165, 1.54) is 12.1 Å². The molecule has 0 radical (unpaired) electrons. The molecular weight excluding hydrogens is 489 g/mol. The van der Waals surface area contributed by atoms with Gasteiger partial charge < -0.3 is 23.6 Å². The van der Waals surface area contributed by atoms with Gasteiger partial charge in [-0.25, -0.2) is 4.98 Å². The quantitative estimate of drug-likeness (QED) is 0.387. The Labute approximate surface area is 209 Å². The number of rotatable bonds is 6. The number of alkyl halides is 3.